The van der Waals surface area contributed by atoms with Gasteiger partial charge in [-0.05, 0) is 61.2 Å². The van der Waals surface area contributed by atoms with E-state index in [-0.39, 0.29) is 23.1 Å². The number of hydrogen-bond acceptors (Lipinski definition) is 4. The summed E-state index contributed by atoms with van der Waals surface area (Å²) in [7, 11) is -3.50. The summed E-state index contributed by atoms with van der Waals surface area (Å²) in [5.74, 6) is -0.764. The second-order valence-electron chi connectivity index (χ2n) is 8.40. The van der Waals surface area contributed by atoms with Gasteiger partial charge in [0.15, 0.2) is 0 Å². The van der Waals surface area contributed by atoms with Crippen LogP contribution in [0.25, 0.3) is 0 Å². The molecule has 0 aromatic heterocycles. The zero-order valence-electron chi connectivity index (χ0n) is 18.3. The molecule has 8 heteroatoms. The van der Waals surface area contributed by atoms with Crippen LogP contribution in [-0.4, -0.2) is 44.2 Å². The van der Waals surface area contributed by atoms with Crippen LogP contribution in [0.1, 0.15) is 38.2 Å². The number of rotatable bonds is 6. The van der Waals surface area contributed by atoms with Gasteiger partial charge in [-0.25, -0.2) is 8.42 Å². The molecule has 0 radical (unpaired) electrons. The number of nitrogens with zero attached hydrogens (tertiary/aromatic N) is 2. The number of hydrogen-bond donors (Lipinski definition) is 1. The smallest absolute Gasteiger partial charge is 0.243 e. The number of benzene rings is 2. The van der Waals surface area contributed by atoms with Gasteiger partial charge in [0.25, 0.3) is 0 Å². The Bertz CT molecular complexity index is 1080. The normalized spacial score (nSPS) is 19.8. The van der Waals surface area contributed by atoms with Crippen LogP contribution in [0.2, 0.25) is 0 Å². The molecule has 0 spiro atoms. The van der Waals surface area contributed by atoms with Crippen molar-refractivity contribution in [3.05, 3.63) is 54.1 Å². The van der Waals surface area contributed by atoms with Crippen molar-refractivity contribution >= 4 is 33.2 Å². The molecule has 0 unspecified atom stereocenters. The fourth-order valence-electron chi connectivity index (χ4n) is 4.25. The minimum absolute atomic E-state index is 0.0719. The number of carbonyl (C=O) groups is 2. The maximum Gasteiger partial charge on any atom is 0.243 e. The van der Waals surface area contributed by atoms with Crippen molar-refractivity contribution in [3.8, 4) is 0 Å². The first-order valence-electron chi connectivity index (χ1n) is 11.2. The van der Waals surface area contributed by atoms with E-state index >= 15 is 0 Å². The van der Waals surface area contributed by atoms with Crippen molar-refractivity contribution < 1.29 is 18.0 Å². The summed E-state index contributed by atoms with van der Waals surface area (Å²) in [6, 6.07) is 14.1. The van der Waals surface area contributed by atoms with Gasteiger partial charge in [-0.15, -0.1) is 0 Å². The predicted octanol–water partition coefficient (Wildman–Crippen LogP) is 3.42. The Morgan fingerprint density at radius 3 is 2.28 bits per heavy atom. The van der Waals surface area contributed by atoms with Crippen molar-refractivity contribution in [2.45, 2.75) is 43.9 Å². The van der Waals surface area contributed by atoms with Crippen LogP contribution in [0.15, 0.2) is 53.4 Å². The van der Waals surface area contributed by atoms with E-state index in [0.717, 1.165) is 31.4 Å². The molecule has 0 bridgehead atoms. The minimum Gasteiger partial charge on any atom is -0.326 e. The van der Waals surface area contributed by atoms with E-state index in [1.807, 2.05) is 24.3 Å². The summed E-state index contributed by atoms with van der Waals surface area (Å²) in [5.41, 5.74) is 2.51. The van der Waals surface area contributed by atoms with E-state index in [1.165, 1.54) is 22.0 Å². The zero-order valence-corrected chi connectivity index (χ0v) is 19.1. The molecule has 1 atom stereocenters. The second kappa shape index (κ2) is 9.42. The first-order chi connectivity index (χ1) is 15.4. The molecule has 2 amide bonds. The lowest BCUT2D eigenvalue weighted by molar-refractivity contribution is -0.122. The minimum atomic E-state index is -3.50. The Morgan fingerprint density at radius 1 is 1.00 bits per heavy atom. The number of carbonyl (C=O) groups excluding carboxylic acids is 2. The van der Waals surface area contributed by atoms with Crippen molar-refractivity contribution in [2.75, 3.05) is 29.9 Å². The van der Waals surface area contributed by atoms with Gasteiger partial charge in [-0.1, -0.05) is 25.5 Å². The second-order valence-corrected chi connectivity index (χ2v) is 10.3. The Balaban J connectivity index is 1.39. The van der Waals surface area contributed by atoms with Crippen LogP contribution >= 0.6 is 0 Å². The van der Waals surface area contributed by atoms with Crippen LogP contribution in [0.5, 0.6) is 0 Å². The summed E-state index contributed by atoms with van der Waals surface area (Å²) in [4.78, 5) is 27.1. The largest absolute Gasteiger partial charge is 0.326 e. The number of sulfonamides is 1. The van der Waals surface area contributed by atoms with Gasteiger partial charge in [0, 0.05) is 37.4 Å². The van der Waals surface area contributed by atoms with Gasteiger partial charge in [0.05, 0.1) is 10.8 Å². The van der Waals surface area contributed by atoms with E-state index < -0.39 is 15.9 Å². The third kappa shape index (κ3) is 4.71. The van der Waals surface area contributed by atoms with Gasteiger partial charge in [-0.2, -0.15) is 4.31 Å². The van der Waals surface area contributed by atoms with Crippen LogP contribution in [0.3, 0.4) is 0 Å². The molecular weight excluding hydrogens is 426 g/mol. The quantitative estimate of drug-likeness (QED) is 0.723. The van der Waals surface area contributed by atoms with Gasteiger partial charge in [0.1, 0.15) is 0 Å². The first kappa shape index (κ1) is 22.5. The average Bonchev–Trinajstić information content (AvgIpc) is 3.22. The molecule has 2 heterocycles. The van der Waals surface area contributed by atoms with Crippen molar-refractivity contribution in [3.63, 3.8) is 0 Å². The molecule has 4 rings (SSSR count). The van der Waals surface area contributed by atoms with E-state index in [2.05, 4.69) is 12.2 Å². The molecule has 32 heavy (non-hydrogen) atoms. The van der Waals surface area contributed by atoms with E-state index in [1.54, 1.807) is 17.0 Å². The van der Waals surface area contributed by atoms with Crippen LogP contribution in [0.4, 0.5) is 11.4 Å². The Kier molecular flexibility index (Phi) is 6.62. The maximum absolute atomic E-state index is 12.8. The van der Waals surface area contributed by atoms with E-state index in [9.17, 15) is 18.0 Å². The third-order valence-corrected chi connectivity index (χ3v) is 8.14. The number of anilines is 2. The van der Waals surface area contributed by atoms with E-state index in [4.69, 9.17) is 0 Å². The predicted molar refractivity (Wildman–Crippen MR) is 124 cm³/mol. The topological polar surface area (TPSA) is 86.8 Å². The molecule has 0 saturated carbocycles. The summed E-state index contributed by atoms with van der Waals surface area (Å²) < 4.78 is 27.1. The Hall–Kier alpha value is -2.71. The fourth-order valence-corrected chi connectivity index (χ4v) is 5.77. The summed E-state index contributed by atoms with van der Waals surface area (Å²) >= 11 is 0. The number of piperidine rings is 1. The molecule has 2 saturated heterocycles. The molecule has 0 aliphatic carbocycles. The highest BCUT2D eigenvalue weighted by Crippen LogP contribution is 2.27. The SMILES string of the molecule is CCc1ccc(N2C[C@H](C(=O)Nc3ccc(S(=O)(=O)N4CCCCC4)cc3)CC2=O)cc1. The van der Waals surface area contributed by atoms with Gasteiger partial charge < -0.3 is 10.2 Å². The summed E-state index contributed by atoms with van der Waals surface area (Å²) in [6.07, 6.45) is 3.91. The molecule has 2 aliphatic heterocycles. The highest BCUT2D eigenvalue weighted by Gasteiger charge is 2.35. The fraction of sp³-hybridized carbons (Fsp3) is 0.417. The van der Waals surface area contributed by atoms with Crippen molar-refractivity contribution in [2.24, 2.45) is 5.92 Å². The molecule has 2 aromatic rings. The number of aryl methyl sites for hydroxylation is 1. The lowest BCUT2D eigenvalue weighted by Crippen LogP contribution is -2.35. The van der Waals surface area contributed by atoms with Gasteiger partial charge in [-0.3, -0.25) is 9.59 Å². The molecule has 2 aliphatic rings. The lowest BCUT2D eigenvalue weighted by Gasteiger charge is -2.25. The van der Waals surface area contributed by atoms with Crippen LogP contribution < -0.4 is 10.2 Å². The molecule has 1 N–H and O–H groups in total. The molecule has 2 fully saturated rings. The maximum atomic E-state index is 12.8. The third-order valence-electron chi connectivity index (χ3n) is 6.23. The lowest BCUT2D eigenvalue weighted by atomic mass is 10.1. The number of amides is 2. The molecular formula is C24H29N3O4S. The van der Waals surface area contributed by atoms with Crippen molar-refractivity contribution in [1.29, 1.82) is 0 Å². The Labute approximate surface area is 189 Å². The highest BCUT2D eigenvalue weighted by molar-refractivity contribution is 7.89. The zero-order chi connectivity index (χ0) is 22.7. The van der Waals surface area contributed by atoms with E-state index in [0.29, 0.717) is 25.3 Å². The highest BCUT2D eigenvalue weighted by atomic mass is 32.2. The summed E-state index contributed by atoms with van der Waals surface area (Å²) in [6.45, 7) is 3.51. The molecule has 7 nitrogen and oxygen atoms in total. The van der Waals surface area contributed by atoms with Crippen LogP contribution in [0, 0.1) is 5.92 Å². The standard InChI is InChI=1S/C24H29N3O4S/c1-2-18-6-10-21(11-7-18)27-17-19(16-23(27)28)24(29)25-20-8-12-22(13-9-20)32(30,31)26-14-4-3-5-15-26/h6-13,19H,2-5,14-17H2,1H3,(H,25,29)/t19-/m1/s1. The number of nitrogens with one attached hydrogen (secondary N) is 1. The van der Waals surface area contributed by atoms with Crippen LogP contribution in [-0.2, 0) is 26.0 Å². The molecule has 2 aromatic carbocycles. The Morgan fingerprint density at radius 2 is 1.66 bits per heavy atom. The van der Waals surface area contributed by atoms with Gasteiger partial charge >= 0.3 is 0 Å². The monoisotopic (exact) mass is 455 g/mol. The average molecular weight is 456 g/mol. The van der Waals surface area contributed by atoms with Crippen molar-refractivity contribution in [1.82, 2.24) is 4.31 Å². The van der Waals surface area contributed by atoms with Gasteiger partial charge in [0.2, 0.25) is 21.8 Å². The molecule has 170 valence electrons. The first-order valence-corrected chi connectivity index (χ1v) is 12.6. The summed E-state index contributed by atoms with van der Waals surface area (Å²) in [5, 5.41) is 2.83.